The second kappa shape index (κ2) is 6.84. The molecular formula is C21H13F3N2O2. The van der Waals surface area contributed by atoms with Crippen LogP contribution in [0.1, 0.15) is 15.9 Å². The quantitative estimate of drug-likeness (QED) is 0.507. The summed E-state index contributed by atoms with van der Waals surface area (Å²) in [6.45, 7) is 1.76. The molecule has 4 rings (SSSR count). The van der Waals surface area contributed by atoms with E-state index in [2.05, 4.69) is 14.9 Å². The van der Waals surface area contributed by atoms with E-state index in [4.69, 9.17) is 0 Å². The zero-order valence-electron chi connectivity index (χ0n) is 14.6. The average molecular weight is 382 g/mol. The van der Waals surface area contributed by atoms with Crippen molar-refractivity contribution in [1.29, 1.82) is 0 Å². The number of H-pyrrole nitrogens is 1. The lowest BCUT2D eigenvalue weighted by molar-refractivity contribution is -0.0786. The minimum absolute atomic E-state index is 0.0125. The van der Waals surface area contributed by atoms with Gasteiger partial charge >= 0.3 is 5.97 Å². The van der Waals surface area contributed by atoms with Crippen molar-refractivity contribution in [3.8, 4) is 22.5 Å². The molecule has 0 atom stereocenters. The van der Waals surface area contributed by atoms with Gasteiger partial charge in [-0.3, -0.25) is 0 Å². The molecule has 0 radical (unpaired) electrons. The molecule has 7 heteroatoms. The summed E-state index contributed by atoms with van der Waals surface area (Å²) in [7, 11) is 0. The number of imidazole rings is 1. The Balaban J connectivity index is 1.76. The number of carbonyl (C=O) groups excluding carboxylic acids is 1. The van der Waals surface area contributed by atoms with Crippen LogP contribution in [0.25, 0.3) is 33.5 Å². The van der Waals surface area contributed by atoms with E-state index < -0.39 is 17.6 Å². The van der Waals surface area contributed by atoms with Gasteiger partial charge in [0.05, 0.1) is 11.1 Å². The number of rotatable bonds is 3. The maximum atomic E-state index is 14.0. The maximum absolute atomic E-state index is 14.0. The fourth-order valence-electron chi connectivity index (χ4n) is 3.13. The molecule has 4 nitrogen and oxygen atoms in total. The van der Waals surface area contributed by atoms with Gasteiger partial charge in [-0.25, -0.2) is 23.5 Å². The van der Waals surface area contributed by atoms with Crippen molar-refractivity contribution in [2.45, 2.75) is 6.92 Å². The Hall–Kier alpha value is -3.61. The summed E-state index contributed by atoms with van der Waals surface area (Å²) in [5.74, 6) is -2.51. The smallest absolute Gasteiger partial charge is 0.338 e. The summed E-state index contributed by atoms with van der Waals surface area (Å²) >= 11 is 0. The number of fused-ring (bicyclic) bond motifs is 1. The number of aryl methyl sites for hydroxylation is 1. The van der Waals surface area contributed by atoms with E-state index in [0.29, 0.717) is 22.5 Å². The summed E-state index contributed by atoms with van der Waals surface area (Å²) in [6, 6.07) is 13.9. The fourth-order valence-corrected chi connectivity index (χ4v) is 3.13. The largest absolute Gasteiger partial charge is 0.381 e. The molecule has 0 aliphatic carbocycles. The lowest BCUT2D eigenvalue weighted by atomic mass is 10.0. The minimum Gasteiger partial charge on any atom is -0.338 e. The number of aromatic amines is 1. The molecule has 1 heterocycles. The first-order valence-electron chi connectivity index (χ1n) is 8.36. The lowest BCUT2D eigenvalue weighted by Gasteiger charge is -2.05. The van der Waals surface area contributed by atoms with Crippen LogP contribution in [0.4, 0.5) is 13.3 Å². The number of nitrogens with one attached hydrogen (secondary N) is 1. The minimum atomic E-state index is -1.12. The van der Waals surface area contributed by atoms with Crippen LogP contribution < -0.4 is 0 Å². The van der Waals surface area contributed by atoms with Gasteiger partial charge in [0.15, 0.2) is 11.6 Å². The van der Waals surface area contributed by atoms with E-state index in [1.807, 2.05) is 0 Å². The Morgan fingerprint density at radius 3 is 2.46 bits per heavy atom. The third kappa shape index (κ3) is 3.00. The van der Waals surface area contributed by atoms with Crippen LogP contribution in [0.15, 0.2) is 54.6 Å². The van der Waals surface area contributed by atoms with Gasteiger partial charge in [0.1, 0.15) is 11.3 Å². The Morgan fingerprint density at radius 1 is 1.04 bits per heavy atom. The molecule has 3 aromatic carbocycles. The molecule has 140 valence electrons. The van der Waals surface area contributed by atoms with Gasteiger partial charge in [0.2, 0.25) is 0 Å². The summed E-state index contributed by atoms with van der Waals surface area (Å²) in [4.78, 5) is 22.5. The van der Waals surface area contributed by atoms with Crippen molar-refractivity contribution >= 4 is 17.0 Å². The number of carbonyl (C=O) groups is 1. The Labute approximate surface area is 157 Å². The van der Waals surface area contributed by atoms with Crippen LogP contribution >= 0.6 is 0 Å². The number of halogens is 3. The van der Waals surface area contributed by atoms with Gasteiger partial charge in [0.25, 0.3) is 0 Å². The molecule has 0 unspecified atom stereocenters. The zero-order valence-corrected chi connectivity index (χ0v) is 14.6. The lowest BCUT2D eigenvalue weighted by Crippen LogP contribution is -2.00. The van der Waals surface area contributed by atoms with Crippen LogP contribution in [0.2, 0.25) is 0 Å². The van der Waals surface area contributed by atoms with Crippen molar-refractivity contribution in [2.24, 2.45) is 0 Å². The highest BCUT2D eigenvalue weighted by molar-refractivity contribution is 6.02. The SMILES string of the molecule is Cc1cc(C(=O)OF)c2nc(-c3ccc(-c4cccc(F)c4F)cc3)[nH]c2c1. The molecule has 0 amide bonds. The summed E-state index contributed by atoms with van der Waals surface area (Å²) in [6.07, 6.45) is 0. The van der Waals surface area contributed by atoms with Crippen LogP contribution in [0, 0.1) is 18.6 Å². The molecule has 0 saturated heterocycles. The van der Waals surface area contributed by atoms with E-state index in [1.165, 1.54) is 18.2 Å². The van der Waals surface area contributed by atoms with Crippen molar-refractivity contribution in [2.75, 3.05) is 0 Å². The Morgan fingerprint density at radius 2 is 1.75 bits per heavy atom. The summed E-state index contributed by atoms with van der Waals surface area (Å²) in [5.41, 5.74) is 2.90. The zero-order chi connectivity index (χ0) is 19.8. The van der Waals surface area contributed by atoms with Gasteiger partial charge in [-0.2, -0.15) is 0 Å². The van der Waals surface area contributed by atoms with Gasteiger partial charge in [0, 0.05) is 15.7 Å². The summed E-state index contributed by atoms with van der Waals surface area (Å²) < 4.78 is 39.8. The highest BCUT2D eigenvalue weighted by Crippen LogP contribution is 2.29. The van der Waals surface area contributed by atoms with Gasteiger partial charge < -0.3 is 4.98 Å². The maximum Gasteiger partial charge on any atom is 0.381 e. The first-order chi connectivity index (χ1) is 13.5. The Kier molecular flexibility index (Phi) is 4.35. The number of hydrogen-bond donors (Lipinski definition) is 1. The first kappa shape index (κ1) is 17.8. The molecule has 1 N–H and O–H groups in total. The van der Waals surface area contributed by atoms with Crippen LogP contribution in [-0.4, -0.2) is 15.9 Å². The van der Waals surface area contributed by atoms with E-state index in [0.717, 1.165) is 11.6 Å². The highest BCUT2D eigenvalue weighted by atomic mass is 19.3. The van der Waals surface area contributed by atoms with Gasteiger partial charge in [-0.15, -0.1) is 0 Å². The van der Waals surface area contributed by atoms with Crippen molar-refractivity contribution < 1.29 is 23.0 Å². The molecule has 0 aliphatic rings. The second-order valence-corrected chi connectivity index (χ2v) is 6.34. The third-order valence-electron chi connectivity index (χ3n) is 4.44. The van der Waals surface area contributed by atoms with Gasteiger partial charge in [-0.1, -0.05) is 36.4 Å². The van der Waals surface area contributed by atoms with E-state index in [1.54, 1.807) is 37.3 Å². The molecule has 28 heavy (non-hydrogen) atoms. The molecular weight excluding hydrogens is 369 g/mol. The fraction of sp³-hybridized carbons (Fsp3) is 0.0476. The second-order valence-electron chi connectivity index (χ2n) is 6.34. The number of benzene rings is 3. The highest BCUT2D eigenvalue weighted by Gasteiger charge is 2.17. The average Bonchev–Trinajstić information content (AvgIpc) is 3.13. The van der Waals surface area contributed by atoms with Crippen LogP contribution in [0.5, 0.6) is 0 Å². The Bertz CT molecular complexity index is 1200. The molecule has 0 fully saturated rings. The normalized spacial score (nSPS) is 11.0. The van der Waals surface area contributed by atoms with E-state index in [-0.39, 0.29) is 16.6 Å². The van der Waals surface area contributed by atoms with Crippen molar-refractivity contribution in [3.05, 3.63) is 77.4 Å². The summed E-state index contributed by atoms with van der Waals surface area (Å²) in [5, 5.41) is 0. The van der Waals surface area contributed by atoms with Crippen LogP contribution in [-0.2, 0) is 4.94 Å². The number of nitrogens with zero attached hydrogens (tertiary/aromatic N) is 1. The monoisotopic (exact) mass is 382 g/mol. The molecule has 1 aromatic heterocycles. The number of hydrogen-bond acceptors (Lipinski definition) is 3. The number of aromatic nitrogens is 2. The van der Waals surface area contributed by atoms with E-state index >= 15 is 0 Å². The standard InChI is InChI=1S/C21H13F3N2O2/c1-11-9-15(21(27)28-24)19-17(10-11)25-20(26-19)13-7-5-12(6-8-13)14-3-2-4-16(22)18(14)23/h2-10H,1H3,(H,25,26). The molecule has 0 saturated carbocycles. The molecule has 4 aromatic rings. The predicted molar refractivity (Wildman–Crippen MR) is 98.1 cm³/mol. The van der Waals surface area contributed by atoms with Crippen molar-refractivity contribution in [3.63, 3.8) is 0 Å². The topological polar surface area (TPSA) is 55.0 Å². The van der Waals surface area contributed by atoms with E-state index in [9.17, 15) is 18.1 Å². The van der Waals surface area contributed by atoms with Gasteiger partial charge in [-0.05, 0) is 36.2 Å². The third-order valence-corrected chi connectivity index (χ3v) is 4.44. The van der Waals surface area contributed by atoms with Crippen LogP contribution in [0.3, 0.4) is 0 Å². The molecule has 0 spiro atoms. The molecule has 0 aliphatic heterocycles. The first-order valence-corrected chi connectivity index (χ1v) is 8.36. The molecule has 0 bridgehead atoms. The van der Waals surface area contributed by atoms with Crippen molar-refractivity contribution in [1.82, 2.24) is 9.97 Å². The predicted octanol–water partition coefficient (Wildman–Crippen LogP) is 5.52.